The monoisotopic (exact) mass is 468 g/mol. The van der Waals surface area contributed by atoms with Gasteiger partial charge in [0.25, 0.3) is 0 Å². The van der Waals surface area contributed by atoms with Crippen LogP contribution in [0.25, 0.3) is 0 Å². The molecule has 1 aliphatic rings. The molecule has 1 saturated heterocycles. The molecule has 1 aliphatic heterocycles. The van der Waals surface area contributed by atoms with Gasteiger partial charge in [0.15, 0.2) is 0 Å². The molecule has 0 spiro atoms. The predicted octanol–water partition coefficient (Wildman–Crippen LogP) is 5.46. The second-order valence-electron chi connectivity index (χ2n) is 6.88. The molecule has 0 bridgehead atoms. The van der Waals surface area contributed by atoms with Gasteiger partial charge in [0.1, 0.15) is 6.29 Å². The van der Waals surface area contributed by atoms with Crippen LogP contribution in [0.5, 0.6) is 0 Å². The smallest absolute Gasteiger partial charge is 0.133 e. The summed E-state index contributed by atoms with van der Waals surface area (Å²) in [7, 11) is 0. The molecular formula is C28H60N4O. The first kappa shape index (κ1) is 39.0. The molecule has 0 radical (unpaired) electrons. The lowest BCUT2D eigenvalue weighted by Crippen LogP contribution is -2.46. The SMILES string of the molecule is C=CCN1CCN(CC=O)CCN(CC=C)CCN(CC(=C)C)CC1.CC.CC.CC.CC. The maximum absolute atomic E-state index is 11.0. The molecule has 0 aliphatic carbocycles. The Morgan fingerprint density at radius 3 is 1.12 bits per heavy atom. The Balaban J connectivity index is -0.000000472. The van der Waals surface area contributed by atoms with Crippen molar-refractivity contribution < 1.29 is 4.79 Å². The van der Waals surface area contributed by atoms with Crippen molar-refractivity contribution in [3.05, 3.63) is 37.5 Å². The standard InChI is InChI=1S/C20H36N4O.4C2H6/c1-5-7-21-9-11-23(17-18-25)12-10-22(8-6-2)14-16-24(15-13-21)19-20(3)4;4*1-2/h5-6,18H,1-3,7-17,19H2,4H3;4*1-2H3. The fourth-order valence-electron chi connectivity index (χ4n) is 3.14. The van der Waals surface area contributed by atoms with Gasteiger partial charge >= 0.3 is 0 Å². The molecule has 33 heavy (non-hydrogen) atoms. The number of hydrogen-bond acceptors (Lipinski definition) is 5. The Labute approximate surface area is 209 Å². The number of hydrogen-bond donors (Lipinski definition) is 0. The number of nitrogens with zero attached hydrogens (tertiary/aromatic N) is 4. The van der Waals surface area contributed by atoms with Gasteiger partial charge in [-0.05, 0) is 6.92 Å². The first-order valence-electron chi connectivity index (χ1n) is 13.3. The van der Waals surface area contributed by atoms with E-state index in [9.17, 15) is 4.79 Å². The Morgan fingerprint density at radius 2 is 0.879 bits per heavy atom. The minimum Gasteiger partial charge on any atom is -0.302 e. The van der Waals surface area contributed by atoms with Gasteiger partial charge < -0.3 is 4.79 Å². The van der Waals surface area contributed by atoms with Crippen LogP contribution in [-0.2, 0) is 4.79 Å². The van der Waals surface area contributed by atoms with Crippen molar-refractivity contribution in [2.24, 2.45) is 0 Å². The molecule has 5 nitrogen and oxygen atoms in total. The minimum absolute atomic E-state index is 0.506. The second-order valence-corrected chi connectivity index (χ2v) is 6.88. The predicted molar refractivity (Wildman–Crippen MR) is 152 cm³/mol. The van der Waals surface area contributed by atoms with Crippen molar-refractivity contribution in [1.82, 2.24) is 19.6 Å². The van der Waals surface area contributed by atoms with Gasteiger partial charge in [-0.25, -0.2) is 0 Å². The molecule has 0 aromatic carbocycles. The van der Waals surface area contributed by atoms with Crippen molar-refractivity contribution in [2.75, 3.05) is 78.5 Å². The van der Waals surface area contributed by atoms with Gasteiger partial charge in [-0.1, -0.05) is 79.7 Å². The fourth-order valence-corrected chi connectivity index (χ4v) is 3.14. The summed E-state index contributed by atoms with van der Waals surface area (Å²) in [5.74, 6) is 0. The summed E-state index contributed by atoms with van der Waals surface area (Å²) in [6.45, 7) is 41.0. The summed E-state index contributed by atoms with van der Waals surface area (Å²) in [4.78, 5) is 20.6. The Bertz CT molecular complexity index is 400. The quantitative estimate of drug-likeness (QED) is 0.349. The lowest BCUT2D eigenvalue weighted by Gasteiger charge is -2.33. The molecule has 1 fully saturated rings. The first-order valence-corrected chi connectivity index (χ1v) is 13.3. The zero-order valence-electron chi connectivity index (χ0n) is 24.0. The van der Waals surface area contributed by atoms with Crippen LogP contribution in [-0.4, -0.2) is 104 Å². The first-order chi connectivity index (χ1) is 16.1. The zero-order chi connectivity index (χ0) is 26.5. The summed E-state index contributed by atoms with van der Waals surface area (Å²) >= 11 is 0. The summed E-state index contributed by atoms with van der Waals surface area (Å²) < 4.78 is 0. The normalized spacial score (nSPS) is 16.2. The Kier molecular flexibility index (Phi) is 38.9. The fraction of sp³-hybridized carbons (Fsp3) is 0.750. The number of rotatable bonds is 8. The van der Waals surface area contributed by atoms with Gasteiger partial charge in [-0.2, -0.15) is 0 Å². The van der Waals surface area contributed by atoms with Crippen LogP contribution in [0.4, 0.5) is 0 Å². The summed E-state index contributed by atoms with van der Waals surface area (Å²) in [6, 6.07) is 0. The second kappa shape index (κ2) is 32.9. The van der Waals surface area contributed by atoms with Crippen molar-refractivity contribution in [3.8, 4) is 0 Å². The zero-order valence-corrected chi connectivity index (χ0v) is 24.0. The molecule has 0 aromatic rings. The van der Waals surface area contributed by atoms with E-state index in [-0.39, 0.29) is 0 Å². The van der Waals surface area contributed by atoms with E-state index >= 15 is 0 Å². The highest BCUT2D eigenvalue weighted by Gasteiger charge is 2.15. The molecular weight excluding hydrogens is 408 g/mol. The lowest BCUT2D eigenvalue weighted by molar-refractivity contribution is -0.109. The molecule has 0 unspecified atom stereocenters. The van der Waals surface area contributed by atoms with E-state index in [1.54, 1.807) is 0 Å². The number of carbonyl (C=O) groups is 1. The van der Waals surface area contributed by atoms with E-state index in [0.29, 0.717) is 6.54 Å². The number of carbonyl (C=O) groups excluding carboxylic acids is 1. The van der Waals surface area contributed by atoms with Gasteiger partial charge in [0, 0.05) is 72.0 Å². The average molecular weight is 469 g/mol. The molecule has 0 saturated carbocycles. The molecule has 0 atom stereocenters. The van der Waals surface area contributed by atoms with Crippen molar-refractivity contribution in [3.63, 3.8) is 0 Å². The van der Waals surface area contributed by atoms with Crippen LogP contribution in [0.3, 0.4) is 0 Å². The largest absolute Gasteiger partial charge is 0.302 e. The molecule has 198 valence electrons. The molecule has 1 rings (SSSR count). The molecule has 0 aromatic heterocycles. The van der Waals surface area contributed by atoms with Crippen LogP contribution in [0.1, 0.15) is 62.3 Å². The maximum atomic E-state index is 11.0. The van der Waals surface area contributed by atoms with E-state index in [0.717, 1.165) is 78.3 Å². The van der Waals surface area contributed by atoms with Crippen LogP contribution in [0.2, 0.25) is 0 Å². The van der Waals surface area contributed by atoms with E-state index in [1.165, 1.54) is 5.57 Å². The van der Waals surface area contributed by atoms with E-state index in [4.69, 9.17) is 0 Å². The third-order valence-corrected chi connectivity index (χ3v) is 4.53. The lowest BCUT2D eigenvalue weighted by atomic mass is 10.3. The van der Waals surface area contributed by atoms with Crippen molar-refractivity contribution >= 4 is 6.29 Å². The van der Waals surface area contributed by atoms with Gasteiger partial charge in [0.2, 0.25) is 0 Å². The average Bonchev–Trinajstić information content (AvgIpc) is 2.85. The van der Waals surface area contributed by atoms with Crippen LogP contribution < -0.4 is 0 Å². The maximum Gasteiger partial charge on any atom is 0.133 e. The van der Waals surface area contributed by atoms with Crippen molar-refractivity contribution in [1.29, 1.82) is 0 Å². The molecule has 5 heteroatoms. The number of aldehydes is 1. The topological polar surface area (TPSA) is 30.0 Å². The summed E-state index contributed by atoms with van der Waals surface area (Å²) in [6.07, 6.45) is 4.94. The van der Waals surface area contributed by atoms with Crippen LogP contribution in [0, 0.1) is 0 Å². The van der Waals surface area contributed by atoms with Crippen LogP contribution >= 0.6 is 0 Å². The van der Waals surface area contributed by atoms with E-state index in [1.807, 2.05) is 67.5 Å². The highest BCUT2D eigenvalue weighted by molar-refractivity contribution is 5.51. The van der Waals surface area contributed by atoms with Gasteiger partial charge in [0.05, 0.1) is 6.54 Å². The summed E-state index contributed by atoms with van der Waals surface area (Å²) in [5, 5.41) is 0. The molecule has 0 amide bonds. The highest BCUT2D eigenvalue weighted by Crippen LogP contribution is 2.02. The summed E-state index contributed by atoms with van der Waals surface area (Å²) in [5.41, 5.74) is 1.20. The molecule has 1 heterocycles. The minimum atomic E-state index is 0.506. The van der Waals surface area contributed by atoms with E-state index < -0.39 is 0 Å². The van der Waals surface area contributed by atoms with Crippen molar-refractivity contribution in [2.45, 2.75) is 62.3 Å². The third kappa shape index (κ3) is 25.2. The van der Waals surface area contributed by atoms with E-state index in [2.05, 4.69) is 46.3 Å². The molecule has 0 N–H and O–H groups in total. The third-order valence-electron chi connectivity index (χ3n) is 4.53. The van der Waals surface area contributed by atoms with Crippen LogP contribution in [0.15, 0.2) is 37.5 Å². The van der Waals surface area contributed by atoms with Gasteiger partial charge in [-0.3, -0.25) is 19.6 Å². The highest BCUT2D eigenvalue weighted by atomic mass is 16.1. The Morgan fingerprint density at radius 1 is 0.606 bits per heavy atom. The Hall–Kier alpha value is -1.27. The van der Waals surface area contributed by atoms with Gasteiger partial charge in [-0.15, -0.1) is 13.2 Å².